The van der Waals surface area contributed by atoms with Crippen molar-refractivity contribution in [2.75, 3.05) is 0 Å². The summed E-state index contributed by atoms with van der Waals surface area (Å²) < 4.78 is 6.02. The first-order valence-corrected chi connectivity index (χ1v) is 6.34. The van der Waals surface area contributed by atoms with Crippen molar-refractivity contribution in [3.8, 4) is 11.8 Å². The van der Waals surface area contributed by atoms with Crippen LogP contribution < -0.4 is 4.74 Å². The summed E-state index contributed by atoms with van der Waals surface area (Å²) in [7, 11) is 0. The number of nitriles is 1. The van der Waals surface area contributed by atoms with Crippen molar-refractivity contribution >= 4 is 0 Å². The van der Waals surface area contributed by atoms with Crippen molar-refractivity contribution in [2.45, 2.75) is 45.6 Å². The van der Waals surface area contributed by atoms with Gasteiger partial charge in [0, 0.05) is 0 Å². The van der Waals surface area contributed by atoms with Gasteiger partial charge in [0.1, 0.15) is 11.9 Å². The van der Waals surface area contributed by atoms with E-state index in [-0.39, 0.29) is 12.0 Å². The molecule has 1 aromatic carbocycles. The van der Waals surface area contributed by atoms with Gasteiger partial charge in [-0.2, -0.15) is 5.26 Å². The van der Waals surface area contributed by atoms with Crippen LogP contribution in [0.2, 0.25) is 0 Å². The Morgan fingerprint density at radius 3 is 2.71 bits per heavy atom. The van der Waals surface area contributed by atoms with Crippen LogP contribution in [0.3, 0.4) is 0 Å². The van der Waals surface area contributed by atoms with E-state index in [4.69, 9.17) is 10.00 Å². The lowest BCUT2D eigenvalue weighted by Gasteiger charge is -2.28. The first-order valence-electron chi connectivity index (χ1n) is 6.34. The van der Waals surface area contributed by atoms with Crippen LogP contribution in [-0.2, 0) is 0 Å². The van der Waals surface area contributed by atoms with Gasteiger partial charge in [0.2, 0.25) is 0 Å². The molecule has 17 heavy (non-hydrogen) atoms. The summed E-state index contributed by atoms with van der Waals surface area (Å²) >= 11 is 0. The van der Waals surface area contributed by atoms with Gasteiger partial charge in [-0.25, -0.2) is 0 Å². The minimum Gasteiger partial charge on any atom is -0.489 e. The van der Waals surface area contributed by atoms with Crippen molar-refractivity contribution in [1.82, 2.24) is 0 Å². The molecule has 0 aliphatic heterocycles. The lowest BCUT2D eigenvalue weighted by atomic mass is 9.87. The number of aryl methyl sites for hydroxylation is 2. The number of rotatable bonds is 2. The molecule has 0 aromatic heterocycles. The standard InChI is InChI=1S/C15H19NO/c1-11-7-8-14(12(2)9-11)17-15-6-4-3-5-13(15)10-16/h7-9,13,15H,3-6H2,1-2H3. The van der Waals surface area contributed by atoms with Gasteiger partial charge in [-0.05, 0) is 44.7 Å². The topological polar surface area (TPSA) is 33.0 Å². The monoisotopic (exact) mass is 229 g/mol. The number of nitrogens with zero attached hydrogens (tertiary/aromatic N) is 1. The summed E-state index contributed by atoms with van der Waals surface area (Å²) in [4.78, 5) is 0. The first kappa shape index (κ1) is 12.0. The smallest absolute Gasteiger partial charge is 0.122 e. The number of hydrogen-bond donors (Lipinski definition) is 0. The van der Waals surface area contributed by atoms with Gasteiger partial charge in [0.05, 0.1) is 12.0 Å². The van der Waals surface area contributed by atoms with Crippen LogP contribution in [0.15, 0.2) is 18.2 Å². The third kappa shape index (κ3) is 2.79. The molecule has 2 rings (SSSR count). The summed E-state index contributed by atoms with van der Waals surface area (Å²) in [5.74, 6) is 0.993. The maximum Gasteiger partial charge on any atom is 0.122 e. The Bertz CT molecular complexity index is 433. The Morgan fingerprint density at radius 2 is 2.00 bits per heavy atom. The average Bonchev–Trinajstić information content (AvgIpc) is 2.33. The molecule has 0 radical (unpaired) electrons. The van der Waals surface area contributed by atoms with Crippen LogP contribution >= 0.6 is 0 Å². The highest BCUT2D eigenvalue weighted by Crippen LogP contribution is 2.29. The second-order valence-electron chi connectivity index (χ2n) is 4.95. The van der Waals surface area contributed by atoms with Crippen molar-refractivity contribution in [3.05, 3.63) is 29.3 Å². The predicted octanol–water partition coefficient (Wildman–Crippen LogP) is 3.76. The summed E-state index contributed by atoms with van der Waals surface area (Å²) in [5, 5.41) is 9.12. The van der Waals surface area contributed by atoms with Gasteiger partial charge in [0.15, 0.2) is 0 Å². The van der Waals surface area contributed by atoms with Gasteiger partial charge in [-0.15, -0.1) is 0 Å². The first-order chi connectivity index (χ1) is 8.20. The third-order valence-electron chi connectivity index (χ3n) is 3.48. The molecule has 0 heterocycles. The van der Waals surface area contributed by atoms with Crippen LogP contribution in [0.5, 0.6) is 5.75 Å². The van der Waals surface area contributed by atoms with Crippen molar-refractivity contribution in [3.63, 3.8) is 0 Å². The van der Waals surface area contributed by atoms with Crippen molar-refractivity contribution in [1.29, 1.82) is 5.26 Å². The zero-order valence-electron chi connectivity index (χ0n) is 10.6. The summed E-state index contributed by atoms with van der Waals surface area (Å²) in [5.41, 5.74) is 2.41. The van der Waals surface area contributed by atoms with Crippen molar-refractivity contribution < 1.29 is 4.74 Å². The summed E-state index contributed by atoms with van der Waals surface area (Å²) in [6, 6.07) is 8.59. The average molecular weight is 229 g/mol. The molecule has 0 amide bonds. The molecule has 1 aliphatic carbocycles. The highest BCUT2D eigenvalue weighted by Gasteiger charge is 2.26. The van der Waals surface area contributed by atoms with Crippen LogP contribution in [0.25, 0.3) is 0 Å². The molecule has 2 unspecified atom stereocenters. The predicted molar refractivity (Wildman–Crippen MR) is 67.9 cm³/mol. The zero-order valence-corrected chi connectivity index (χ0v) is 10.6. The SMILES string of the molecule is Cc1ccc(OC2CCCCC2C#N)c(C)c1. The largest absolute Gasteiger partial charge is 0.489 e. The number of hydrogen-bond acceptors (Lipinski definition) is 2. The van der Waals surface area contributed by atoms with E-state index in [0.29, 0.717) is 0 Å². The summed E-state index contributed by atoms with van der Waals surface area (Å²) in [6.07, 6.45) is 4.39. The van der Waals surface area contributed by atoms with Gasteiger partial charge >= 0.3 is 0 Å². The lowest BCUT2D eigenvalue weighted by Crippen LogP contribution is -2.29. The van der Waals surface area contributed by atoms with E-state index in [1.807, 2.05) is 6.07 Å². The fraction of sp³-hybridized carbons (Fsp3) is 0.533. The Kier molecular flexibility index (Phi) is 3.68. The summed E-state index contributed by atoms with van der Waals surface area (Å²) in [6.45, 7) is 4.14. The van der Waals surface area contributed by atoms with E-state index >= 15 is 0 Å². The number of benzene rings is 1. The quantitative estimate of drug-likeness (QED) is 0.773. The third-order valence-corrected chi connectivity index (χ3v) is 3.48. The molecule has 0 saturated heterocycles. The molecule has 1 aliphatic rings. The Balaban J connectivity index is 2.11. The van der Waals surface area contributed by atoms with E-state index < -0.39 is 0 Å². The van der Waals surface area contributed by atoms with E-state index in [1.165, 1.54) is 12.0 Å². The molecular weight excluding hydrogens is 210 g/mol. The van der Waals surface area contributed by atoms with Crippen LogP contribution in [-0.4, -0.2) is 6.10 Å². The van der Waals surface area contributed by atoms with Gasteiger partial charge in [0.25, 0.3) is 0 Å². The van der Waals surface area contributed by atoms with Crippen molar-refractivity contribution in [2.24, 2.45) is 5.92 Å². The molecular formula is C15H19NO. The highest BCUT2D eigenvalue weighted by atomic mass is 16.5. The molecule has 2 nitrogen and oxygen atoms in total. The van der Waals surface area contributed by atoms with E-state index in [9.17, 15) is 0 Å². The Hall–Kier alpha value is -1.49. The molecule has 2 atom stereocenters. The second kappa shape index (κ2) is 5.23. The molecule has 0 spiro atoms. The van der Waals surface area contributed by atoms with E-state index in [2.05, 4.69) is 32.0 Å². The maximum absolute atomic E-state index is 9.12. The zero-order chi connectivity index (χ0) is 12.3. The molecule has 1 aromatic rings. The van der Waals surface area contributed by atoms with Gasteiger partial charge < -0.3 is 4.74 Å². The molecule has 0 bridgehead atoms. The fourth-order valence-corrected chi connectivity index (χ4v) is 2.48. The second-order valence-corrected chi connectivity index (χ2v) is 4.95. The van der Waals surface area contributed by atoms with Crippen LogP contribution in [0, 0.1) is 31.1 Å². The molecule has 90 valence electrons. The van der Waals surface area contributed by atoms with Crippen LogP contribution in [0.1, 0.15) is 36.8 Å². The lowest BCUT2D eigenvalue weighted by molar-refractivity contribution is 0.119. The van der Waals surface area contributed by atoms with E-state index in [0.717, 1.165) is 30.6 Å². The van der Waals surface area contributed by atoms with Gasteiger partial charge in [-0.1, -0.05) is 24.1 Å². The molecule has 1 saturated carbocycles. The molecule has 0 N–H and O–H groups in total. The van der Waals surface area contributed by atoms with Gasteiger partial charge in [-0.3, -0.25) is 0 Å². The van der Waals surface area contributed by atoms with E-state index in [1.54, 1.807) is 0 Å². The Morgan fingerprint density at radius 1 is 1.24 bits per heavy atom. The minimum atomic E-state index is 0.0597. The highest BCUT2D eigenvalue weighted by molar-refractivity contribution is 5.35. The fourth-order valence-electron chi connectivity index (χ4n) is 2.48. The normalized spacial score (nSPS) is 24.1. The number of ether oxygens (including phenoxy) is 1. The molecule has 2 heteroatoms. The maximum atomic E-state index is 9.12. The molecule has 1 fully saturated rings. The minimum absolute atomic E-state index is 0.0597. The van der Waals surface area contributed by atoms with Crippen LogP contribution in [0.4, 0.5) is 0 Å². The Labute approximate surface area is 103 Å².